The largest absolute Gasteiger partial charge is 0.459 e. The molecule has 1 aliphatic heterocycles. The van der Waals surface area contributed by atoms with Crippen molar-refractivity contribution >= 4 is 19.6 Å². The van der Waals surface area contributed by atoms with Crippen LogP contribution in [0, 0.1) is 5.92 Å². The van der Waals surface area contributed by atoms with E-state index in [9.17, 15) is 14.2 Å². The molecule has 196 valence electrons. The molecule has 2 amide bonds. The van der Waals surface area contributed by atoms with E-state index in [0.717, 1.165) is 16.7 Å². The molecular formula is C27H37N2O6P. The first-order valence-electron chi connectivity index (χ1n) is 12.5. The second-order valence-electron chi connectivity index (χ2n) is 9.20. The number of benzene rings is 2. The number of ether oxygens (including phenoxy) is 1. The van der Waals surface area contributed by atoms with Crippen LogP contribution in [0.25, 0.3) is 0 Å². The van der Waals surface area contributed by atoms with E-state index in [1.807, 2.05) is 68.4 Å². The molecule has 0 saturated heterocycles. The summed E-state index contributed by atoms with van der Waals surface area (Å²) in [6.07, 6.45) is 0.162. The van der Waals surface area contributed by atoms with Crippen molar-refractivity contribution in [1.82, 2.24) is 9.80 Å². The summed E-state index contributed by atoms with van der Waals surface area (Å²) in [6.45, 7) is 8.54. The minimum Gasteiger partial charge on any atom is -0.459 e. The summed E-state index contributed by atoms with van der Waals surface area (Å²) in [5, 5.41) is 0. The first kappa shape index (κ1) is 27.9. The smallest absolute Gasteiger partial charge is 0.349 e. The van der Waals surface area contributed by atoms with Gasteiger partial charge in [-0.2, -0.15) is 0 Å². The Kier molecular flexibility index (Phi) is 10.1. The molecule has 0 saturated carbocycles. The van der Waals surface area contributed by atoms with Crippen LogP contribution in [0.4, 0.5) is 4.79 Å². The number of amides is 2. The van der Waals surface area contributed by atoms with Crippen LogP contribution < -0.4 is 0 Å². The van der Waals surface area contributed by atoms with Gasteiger partial charge < -0.3 is 23.6 Å². The van der Waals surface area contributed by atoms with Gasteiger partial charge in [0, 0.05) is 19.5 Å². The number of hydrogen-bond acceptors (Lipinski definition) is 6. The lowest BCUT2D eigenvalue weighted by molar-refractivity contribution is -0.151. The summed E-state index contributed by atoms with van der Waals surface area (Å²) in [7, 11) is -3.54. The van der Waals surface area contributed by atoms with Crippen LogP contribution in [0.1, 0.15) is 44.4 Å². The van der Waals surface area contributed by atoms with E-state index >= 15 is 0 Å². The van der Waals surface area contributed by atoms with Crippen molar-refractivity contribution < 1.29 is 27.9 Å². The zero-order valence-corrected chi connectivity index (χ0v) is 22.5. The molecule has 36 heavy (non-hydrogen) atoms. The quantitative estimate of drug-likeness (QED) is 0.291. The van der Waals surface area contributed by atoms with E-state index in [1.165, 1.54) is 9.80 Å². The highest BCUT2D eigenvalue weighted by atomic mass is 31.2. The van der Waals surface area contributed by atoms with E-state index in [2.05, 4.69) is 0 Å². The Bertz CT molecular complexity index is 1050. The molecule has 0 unspecified atom stereocenters. The van der Waals surface area contributed by atoms with Crippen molar-refractivity contribution in [2.24, 2.45) is 5.92 Å². The minimum atomic E-state index is -3.54. The van der Waals surface area contributed by atoms with Crippen LogP contribution in [0.2, 0.25) is 0 Å². The highest BCUT2D eigenvalue weighted by Gasteiger charge is 2.40. The summed E-state index contributed by atoms with van der Waals surface area (Å²) in [5.41, 5.74) is 2.85. The Balaban J connectivity index is 1.88. The van der Waals surface area contributed by atoms with E-state index in [4.69, 9.17) is 13.8 Å². The van der Waals surface area contributed by atoms with Gasteiger partial charge in [0.1, 0.15) is 18.9 Å². The molecule has 0 aromatic heterocycles. The van der Waals surface area contributed by atoms with Crippen molar-refractivity contribution in [3.05, 3.63) is 71.3 Å². The van der Waals surface area contributed by atoms with E-state index in [-0.39, 0.29) is 44.6 Å². The second-order valence-corrected chi connectivity index (χ2v) is 11.2. The van der Waals surface area contributed by atoms with Gasteiger partial charge in [-0.25, -0.2) is 9.59 Å². The maximum Gasteiger partial charge on any atom is 0.349 e. The van der Waals surface area contributed by atoms with Crippen molar-refractivity contribution in [2.75, 3.05) is 26.0 Å². The third kappa shape index (κ3) is 7.42. The van der Waals surface area contributed by atoms with Gasteiger partial charge in [-0.3, -0.25) is 4.57 Å². The number of nitrogens with zero attached hydrogens (tertiary/aromatic N) is 2. The molecule has 0 bridgehead atoms. The Morgan fingerprint density at radius 2 is 1.61 bits per heavy atom. The van der Waals surface area contributed by atoms with E-state index in [0.29, 0.717) is 13.0 Å². The SMILES string of the molecule is CCOP(=O)(CN(CC(C)C)C(=O)N1Cc2ccccc2C[C@@H]1C(=O)OCc1ccccc1)OCC. The van der Waals surface area contributed by atoms with Crippen LogP contribution in [-0.2, 0) is 42.7 Å². The van der Waals surface area contributed by atoms with Crippen LogP contribution >= 0.6 is 7.60 Å². The molecule has 0 radical (unpaired) electrons. The van der Waals surface area contributed by atoms with Gasteiger partial charge in [0.15, 0.2) is 0 Å². The lowest BCUT2D eigenvalue weighted by atomic mass is 9.94. The van der Waals surface area contributed by atoms with Gasteiger partial charge in [0.25, 0.3) is 0 Å². The Morgan fingerprint density at radius 3 is 2.22 bits per heavy atom. The third-order valence-electron chi connectivity index (χ3n) is 5.84. The van der Waals surface area contributed by atoms with Crippen LogP contribution in [-0.4, -0.2) is 53.9 Å². The van der Waals surface area contributed by atoms with E-state index < -0.39 is 19.6 Å². The van der Waals surface area contributed by atoms with Gasteiger partial charge in [0.05, 0.1) is 13.2 Å². The lowest BCUT2D eigenvalue weighted by Gasteiger charge is -2.39. The molecule has 0 fully saturated rings. The maximum atomic E-state index is 13.9. The molecule has 2 aromatic carbocycles. The average molecular weight is 517 g/mol. The fourth-order valence-corrected chi connectivity index (χ4v) is 5.98. The number of esters is 1. The monoisotopic (exact) mass is 516 g/mol. The molecule has 9 heteroatoms. The van der Waals surface area contributed by atoms with Crippen molar-refractivity contribution in [3.63, 3.8) is 0 Å². The minimum absolute atomic E-state index is 0.103. The van der Waals surface area contributed by atoms with Crippen molar-refractivity contribution in [3.8, 4) is 0 Å². The summed E-state index contributed by atoms with van der Waals surface area (Å²) in [5.74, 6) is -0.366. The number of rotatable bonds is 11. The standard InChI is InChI=1S/C27H37N2O6P/c1-5-34-36(32,35-6-2)20-28(17-21(3)4)27(31)29-18-24-15-11-10-14-23(24)16-25(29)26(30)33-19-22-12-8-7-9-13-22/h7-15,21,25H,5-6,16-20H2,1-4H3/t25-/m1/s1. The Hall–Kier alpha value is -2.67. The van der Waals surface area contributed by atoms with Gasteiger partial charge >= 0.3 is 19.6 Å². The fourth-order valence-electron chi connectivity index (χ4n) is 4.30. The summed E-state index contributed by atoms with van der Waals surface area (Å²) in [4.78, 5) is 30.2. The number of hydrogen-bond donors (Lipinski definition) is 0. The predicted molar refractivity (Wildman–Crippen MR) is 138 cm³/mol. The highest BCUT2D eigenvalue weighted by Crippen LogP contribution is 2.48. The van der Waals surface area contributed by atoms with Gasteiger partial charge in [-0.05, 0) is 36.5 Å². The molecule has 1 heterocycles. The molecule has 8 nitrogen and oxygen atoms in total. The van der Waals surface area contributed by atoms with Crippen LogP contribution in [0.5, 0.6) is 0 Å². The van der Waals surface area contributed by atoms with Crippen molar-refractivity contribution in [1.29, 1.82) is 0 Å². The third-order valence-corrected chi connectivity index (χ3v) is 7.83. The Morgan fingerprint density at radius 1 is 1.00 bits per heavy atom. The first-order valence-corrected chi connectivity index (χ1v) is 14.2. The fraction of sp³-hybridized carbons (Fsp3) is 0.481. The topological polar surface area (TPSA) is 85.4 Å². The predicted octanol–water partition coefficient (Wildman–Crippen LogP) is 5.46. The van der Waals surface area contributed by atoms with Crippen LogP contribution in [0.3, 0.4) is 0 Å². The maximum absolute atomic E-state index is 13.9. The number of carbonyl (C=O) groups is 2. The number of urea groups is 1. The van der Waals surface area contributed by atoms with Gasteiger partial charge in [-0.1, -0.05) is 68.4 Å². The average Bonchev–Trinajstić information content (AvgIpc) is 2.86. The summed E-state index contributed by atoms with van der Waals surface area (Å²) in [6, 6.07) is 16.0. The molecule has 1 aliphatic rings. The Labute approximate surface area is 214 Å². The second kappa shape index (κ2) is 13.0. The summed E-state index contributed by atoms with van der Waals surface area (Å²) < 4.78 is 29.9. The zero-order chi connectivity index (χ0) is 26.1. The number of carbonyl (C=O) groups excluding carboxylic acids is 2. The normalized spacial score (nSPS) is 15.5. The molecule has 0 spiro atoms. The lowest BCUT2D eigenvalue weighted by Crippen LogP contribution is -2.54. The summed E-state index contributed by atoms with van der Waals surface area (Å²) >= 11 is 0. The highest BCUT2D eigenvalue weighted by molar-refractivity contribution is 7.53. The molecule has 0 aliphatic carbocycles. The molecule has 0 N–H and O–H groups in total. The zero-order valence-electron chi connectivity index (χ0n) is 21.6. The molecule has 2 aromatic rings. The van der Waals surface area contributed by atoms with E-state index in [1.54, 1.807) is 13.8 Å². The van der Waals surface area contributed by atoms with Crippen LogP contribution in [0.15, 0.2) is 54.6 Å². The van der Waals surface area contributed by atoms with Gasteiger partial charge in [-0.15, -0.1) is 0 Å². The van der Waals surface area contributed by atoms with Gasteiger partial charge in [0.2, 0.25) is 0 Å². The van der Waals surface area contributed by atoms with Crippen molar-refractivity contribution in [2.45, 2.75) is 53.3 Å². The first-order chi connectivity index (χ1) is 17.3. The molecule has 1 atom stereocenters. The number of fused-ring (bicyclic) bond motifs is 1. The molecule has 3 rings (SSSR count). The molecular weight excluding hydrogens is 479 g/mol.